The van der Waals surface area contributed by atoms with Gasteiger partial charge in [-0.25, -0.2) is 8.78 Å². The van der Waals surface area contributed by atoms with Crippen molar-refractivity contribution in [2.24, 2.45) is 5.92 Å². The first kappa shape index (κ1) is 10.6. The molecule has 1 aromatic rings. The molecule has 0 atom stereocenters. The van der Waals surface area contributed by atoms with Gasteiger partial charge in [-0.05, 0) is 49.9 Å². The van der Waals surface area contributed by atoms with Crippen LogP contribution in [0, 0.1) is 17.6 Å². The van der Waals surface area contributed by atoms with Gasteiger partial charge in [0.05, 0.1) is 0 Å². The van der Waals surface area contributed by atoms with E-state index in [2.05, 4.69) is 5.32 Å². The molecule has 0 saturated carbocycles. The highest BCUT2D eigenvalue weighted by Crippen LogP contribution is 2.20. The maximum atomic E-state index is 13.4. The van der Waals surface area contributed by atoms with Gasteiger partial charge in [0.25, 0.3) is 0 Å². The molecular weight excluding hydrogens is 196 g/mol. The van der Waals surface area contributed by atoms with Gasteiger partial charge in [0.1, 0.15) is 0 Å². The topological polar surface area (TPSA) is 12.0 Å². The monoisotopic (exact) mass is 211 g/mol. The van der Waals surface area contributed by atoms with Crippen LogP contribution < -0.4 is 5.32 Å². The van der Waals surface area contributed by atoms with Gasteiger partial charge in [-0.15, -0.1) is 0 Å². The summed E-state index contributed by atoms with van der Waals surface area (Å²) in [4.78, 5) is 0. The number of benzene rings is 1. The zero-order valence-corrected chi connectivity index (χ0v) is 8.60. The molecule has 0 aromatic heterocycles. The molecule has 2 rings (SSSR count). The van der Waals surface area contributed by atoms with E-state index in [1.165, 1.54) is 6.07 Å². The van der Waals surface area contributed by atoms with Gasteiger partial charge in [0.15, 0.2) is 11.6 Å². The third kappa shape index (κ3) is 2.53. The van der Waals surface area contributed by atoms with Gasteiger partial charge in [-0.1, -0.05) is 12.1 Å². The van der Waals surface area contributed by atoms with E-state index in [9.17, 15) is 8.78 Å². The maximum absolute atomic E-state index is 13.4. The van der Waals surface area contributed by atoms with Crippen molar-refractivity contribution < 1.29 is 8.78 Å². The first-order chi connectivity index (χ1) is 7.27. The van der Waals surface area contributed by atoms with Crippen molar-refractivity contribution in [2.45, 2.75) is 19.3 Å². The van der Waals surface area contributed by atoms with Gasteiger partial charge in [-0.2, -0.15) is 0 Å². The molecule has 82 valence electrons. The molecule has 1 heterocycles. The Morgan fingerprint density at radius 3 is 2.67 bits per heavy atom. The van der Waals surface area contributed by atoms with Crippen molar-refractivity contribution in [3.8, 4) is 0 Å². The Morgan fingerprint density at radius 1 is 1.20 bits per heavy atom. The third-order valence-electron chi connectivity index (χ3n) is 3.00. The summed E-state index contributed by atoms with van der Waals surface area (Å²) in [6.45, 7) is 1.98. The lowest BCUT2D eigenvalue weighted by Gasteiger charge is -2.22. The summed E-state index contributed by atoms with van der Waals surface area (Å²) in [5.74, 6) is -0.917. The Hall–Kier alpha value is -0.960. The Kier molecular flexibility index (Phi) is 3.31. The van der Waals surface area contributed by atoms with Crippen molar-refractivity contribution >= 4 is 0 Å². The lowest BCUT2D eigenvalue weighted by molar-refractivity contribution is 0.366. The van der Waals surface area contributed by atoms with Crippen molar-refractivity contribution in [3.63, 3.8) is 0 Å². The molecule has 15 heavy (non-hydrogen) atoms. The number of nitrogens with one attached hydrogen (secondary N) is 1. The predicted octanol–water partition coefficient (Wildman–Crippen LogP) is 2.51. The van der Waals surface area contributed by atoms with Crippen LogP contribution in [0.25, 0.3) is 0 Å². The summed E-state index contributed by atoms with van der Waals surface area (Å²) in [6, 6.07) is 4.43. The molecule has 0 spiro atoms. The van der Waals surface area contributed by atoms with E-state index in [0.29, 0.717) is 17.9 Å². The normalized spacial score (nSPS) is 18.0. The standard InChI is InChI=1S/C12H15F2N/c13-11-3-1-2-10(12(11)14)8-9-4-6-15-7-5-9/h1-3,9,15H,4-8H2. The van der Waals surface area contributed by atoms with Crippen molar-refractivity contribution in [2.75, 3.05) is 13.1 Å². The van der Waals surface area contributed by atoms with E-state index in [-0.39, 0.29) is 0 Å². The van der Waals surface area contributed by atoms with Gasteiger partial charge in [0, 0.05) is 0 Å². The second-order valence-corrected chi connectivity index (χ2v) is 4.11. The Balaban J connectivity index is 2.06. The lowest BCUT2D eigenvalue weighted by atomic mass is 9.91. The van der Waals surface area contributed by atoms with E-state index in [4.69, 9.17) is 0 Å². The van der Waals surface area contributed by atoms with Crippen LogP contribution in [0.4, 0.5) is 8.78 Å². The fourth-order valence-corrected chi connectivity index (χ4v) is 2.10. The highest BCUT2D eigenvalue weighted by molar-refractivity contribution is 5.19. The molecule has 1 nitrogen and oxygen atoms in total. The summed E-state index contributed by atoms with van der Waals surface area (Å²) in [7, 11) is 0. The molecule has 1 aromatic carbocycles. The smallest absolute Gasteiger partial charge is 0.162 e. The second-order valence-electron chi connectivity index (χ2n) is 4.11. The van der Waals surface area contributed by atoms with Crippen LogP contribution in [0.1, 0.15) is 18.4 Å². The molecule has 0 unspecified atom stereocenters. The fourth-order valence-electron chi connectivity index (χ4n) is 2.10. The molecule has 1 aliphatic heterocycles. The average molecular weight is 211 g/mol. The Bertz CT molecular complexity index is 332. The molecular formula is C12H15F2N. The van der Waals surface area contributed by atoms with Crippen LogP contribution in [0.3, 0.4) is 0 Å². The maximum Gasteiger partial charge on any atom is 0.162 e. The predicted molar refractivity (Wildman–Crippen MR) is 55.7 cm³/mol. The minimum absolute atomic E-state index is 0.488. The number of piperidine rings is 1. The number of rotatable bonds is 2. The largest absolute Gasteiger partial charge is 0.317 e. The third-order valence-corrected chi connectivity index (χ3v) is 3.00. The average Bonchev–Trinajstić information content (AvgIpc) is 2.26. The van der Waals surface area contributed by atoms with Crippen LogP contribution in [-0.2, 0) is 6.42 Å². The first-order valence-corrected chi connectivity index (χ1v) is 5.41. The zero-order chi connectivity index (χ0) is 10.7. The van der Waals surface area contributed by atoms with E-state index in [1.54, 1.807) is 12.1 Å². The summed E-state index contributed by atoms with van der Waals surface area (Å²) >= 11 is 0. The van der Waals surface area contributed by atoms with Gasteiger partial charge < -0.3 is 5.32 Å². The highest BCUT2D eigenvalue weighted by atomic mass is 19.2. The zero-order valence-electron chi connectivity index (χ0n) is 8.60. The summed E-state index contributed by atoms with van der Waals surface area (Å²) < 4.78 is 26.3. The van der Waals surface area contributed by atoms with E-state index < -0.39 is 11.6 Å². The lowest BCUT2D eigenvalue weighted by Crippen LogP contribution is -2.28. The van der Waals surface area contributed by atoms with Crippen molar-refractivity contribution in [1.82, 2.24) is 5.32 Å². The molecule has 0 radical (unpaired) electrons. The van der Waals surface area contributed by atoms with E-state index in [0.717, 1.165) is 25.9 Å². The SMILES string of the molecule is Fc1cccc(CC2CCNCC2)c1F. The molecule has 1 fully saturated rings. The quantitative estimate of drug-likeness (QED) is 0.792. The van der Waals surface area contributed by atoms with Gasteiger partial charge in [0.2, 0.25) is 0 Å². The molecule has 0 bridgehead atoms. The van der Waals surface area contributed by atoms with Crippen LogP contribution in [0.2, 0.25) is 0 Å². The van der Waals surface area contributed by atoms with Crippen LogP contribution in [0.5, 0.6) is 0 Å². The van der Waals surface area contributed by atoms with Crippen LogP contribution >= 0.6 is 0 Å². The fraction of sp³-hybridized carbons (Fsp3) is 0.500. The second kappa shape index (κ2) is 4.71. The molecule has 0 amide bonds. The number of halogens is 2. The Morgan fingerprint density at radius 2 is 1.93 bits per heavy atom. The van der Waals surface area contributed by atoms with E-state index >= 15 is 0 Å². The molecule has 3 heteroatoms. The minimum Gasteiger partial charge on any atom is -0.317 e. The first-order valence-electron chi connectivity index (χ1n) is 5.41. The van der Waals surface area contributed by atoms with Crippen LogP contribution in [0.15, 0.2) is 18.2 Å². The van der Waals surface area contributed by atoms with E-state index in [1.807, 2.05) is 0 Å². The summed E-state index contributed by atoms with van der Waals surface area (Å²) in [5.41, 5.74) is 0.516. The van der Waals surface area contributed by atoms with Crippen molar-refractivity contribution in [3.05, 3.63) is 35.4 Å². The molecule has 1 N–H and O–H groups in total. The Labute approximate surface area is 88.5 Å². The minimum atomic E-state index is -0.735. The summed E-state index contributed by atoms with van der Waals surface area (Å²) in [5, 5.41) is 3.26. The number of hydrogen-bond donors (Lipinski definition) is 1. The van der Waals surface area contributed by atoms with Gasteiger partial charge >= 0.3 is 0 Å². The summed E-state index contributed by atoms with van der Waals surface area (Å²) in [6.07, 6.45) is 2.76. The highest BCUT2D eigenvalue weighted by Gasteiger charge is 2.16. The van der Waals surface area contributed by atoms with Crippen molar-refractivity contribution in [1.29, 1.82) is 0 Å². The number of hydrogen-bond acceptors (Lipinski definition) is 1. The molecule has 1 aliphatic rings. The van der Waals surface area contributed by atoms with Gasteiger partial charge in [-0.3, -0.25) is 0 Å². The van der Waals surface area contributed by atoms with Crippen LogP contribution in [-0.4, -0.2) is 13.1 Å². The molecule has 0 aliphatic carbocycles. The molecule has 1 saturated heterocycles.